The molecule has 1 aromatic heterocycles. The lowest BCUT2D eigenvalue weighted by Crippen LogP contribution is -2.45. The fourth-order valence-electron chi connectivity index (χ4n) is 3.21. The Morgan fingerprint density at radius 2 is 2.00 bits per heavy atom. The molecule has 0 spiro atoms. The van der Waals surface area contributed by atoms with Gasteiger partial charge < -0.3 is 10.6 Å². The Kier molecular flexibility index (Phi) is 4.39. The minimum atomic E-state index is -0.0812. The fourth-order valence-corrected chi connectivity index (χ4v) is 3.53. The molecule has 22 heavy (non-hydrogen) atoms. The van der Waals surface area contributed by atoms with E-state index in [4.69, 9.17) is 12.2 Å². The molecule has 1 aliphatic carbocycles. The number of anilines is 1. The van der Waals surface area contributed by atoms with Gasteiger partial charge in [0.15, 0.2) is 5.11 Å². The molecular formula is C18H21N3S. The lowest BCUT2D eigenvalue weighted by Gasteiger charge is -2.32. The van der Waals surface area contributed by atoms with E-state index in [2.05, 4.69) is 40.7 Å². The molecular weight excluding hydrogens is 290 g/mol. The fraction of sp³-hybridized carbons (Fsp3) is 0.333. The van der Waals surface area contributed by atoms with Crippen molar-refractivity contribution < 1.29 is 0 Å². The number of nitrogens with one attached hydrogen (secondary N) is 2. The Balaban J connectivity index is 1.76. The molecule has 0 bridgehead atoms. The predicted molar refractivity (Wildman–Crippen MR) is 94.9 cm³/mol. The van der Waals surface area contributed by atoms with E-state index in [0.717, 1.165) is 18.5 Å². The minimum absolute atomic E-state index is 0.0812. The van der Waals surface area contributed by atoms with Crippen molar-refractivity contribution in [3.8, 4) is 0 Å². The topological polar surface area (TPSA) is 37.0 Å². The van der Waals surface area contributed by atoms with Crippen LogP contribution >= 0.6 is 12.2 Å². The molecule has 4 heteroatoms. The summed E-state index contributed by atoms with van der Waals surface area (Å²) in [5.74, 6) is 0. The number of rotatable bonds is 3. The van der Waals surface area contributed by atoms with Crippen molar-refractivity contribution in [2.45, 2.75) is 38.1 Å². The summed E-state index contributed by atoms with van der Waals surface area (Å²) in [6, 6.07) is 12.4. The third-order valence-electron chi connectivity index (χ3n) is 4.30. The van der Waals surface area contributed by atoms with Gasteiger partial charge in [-0.05, 0) is 61.3 Å². The Labute approximate surface area is 137 Å². The number of pyridine rings is 1. The van der Waals surface area contributed by atoms with E-state index >= 15 is 0 Å². The molecule has 0 atom stereocenters. The maximum atomic E-state index is 5.55. The number of aryl methyl sites for hydroxylation is 1. The summed E-state index contributed by atoms with van der Waals surface area (Å²) in [7, 11) is 0. The summed E-state index contributed by atoms with van der Waals surface area (Å²) >= 11 is 5.55. The van der Waals surface area contributed by atoms with Gasteiger partial charge in [-0.25, -0.2) is 0 Å². The van der Waals surface area contributed by atoms with Gasteiger partial charge in [-0.2, -0.15) is 0 Å². The highest BCUT2D eigenvalue weighted by atomic mass is 32.1. The molecule has 3 rings (SSSR count). The zero-order valence-corrected chi connectivity index (χ0v) is 13.6. The summed E-state index contributed by atoms with van der Waals surface area (Å²) < 4.78 is 0. The number of thiocarbonyl (C=S) groups is 1. The van der Waals surface area contributed by atoms with Crippen LogP contribution in [-0.4, -0.2) is 10.1 Å². The van der Waals surface area contributed by atoms with Crippen LogP contribution in [0.2, 0.25) is 0 Å². The highest BCUT2D eigenvalue weighted by Gasteiger charge is 2.36. The molecule has 0 aliphatic heterocycles. The molecule has 3 nitrogen and oxygen atoms in total. The first kappa shape index (κ1) is 15.0. The van der Waals surface area contributed by atoms with Gasteiger partial charge in [0.1, 0.15) is 0 Å². The summed E-state index contributed by atoms with van der Waals surface area (Å²) in [4.78, 5) is 4.27. The van der Waals surface area contributed by atoms with E-state index in [-0.39, 0.29) is 5.54 Å². The van der Waals surface area contributed by atoms with Crippen LogP contribution in [0.4, 0.5) is 5.69 Å². The van der Waals surface area contributed by atoms with Crippen LogP contribution in [0.3, 0.4) is 0 Å². The summed E-state index contributed by atoms with van der Waals surface area (Å²) in [5, 5.41) is 7.54. The Morgan fingerprint density at radius 1 is 1.18 bits per heavy atom. The molecule has 1 heterocycles. The van der Waals surface area contributed by atoms with Gasteiger partial charge >= 0.3 is 0 Å². The van der Waals surface area contributed by atoms with Gasteiger partial charge in [0.2, 0.25) is 0 Å². The zero-order valence-electron chi connectivity index (χ0n) is 12.8. The Hall–Kier alpha value is -1.94. The van der Waals surface area contributed by atoms with E-state index in [1.807, 2.05) is 30.6 Å². The van der Waals surface area contributed by atoms with Crippen molar-refractivity contribution >= 4 is 23.0 Å². The summed E-state index contributed by atoms with van der Waals surface area (Å²) in [6.45, 7) is 2.08. The highest BCUT2D eigenvalue weighted by molar-refractivity contribution is 7.80. The smallest absolute Gasteiger partial charge is 0.171 e. The first-order valence-electron chi connectivity index (χ1n) is 7.74. The number of nitrogens with zero attached hydrogens (tertiary/aromatic N) is 1. The normalized spacial score (nSPS) is 16.2. The highest BCUT2D eigenvalue weighted by Crippen LogP contribution is 2.38. The van der Waals surface area contributed by atoms with Crippen molar-refractivity contribution in [1.82, 2.24) is 10.3 Å². The van der Waals surface area contributed by atoms with Gasteiger partial charge in [0, 0.05) is 18.1 Å². The minimum Gasteiger partial charge on any atom is -0.353 e. The molecule has 2 aromatic rings. The van der Waals surface area contributed by atoms with E-state index in [9.17, 15) is 0 Å². The molecule has 1 fully saturated rings. The molecule has 1 aromatic carbocycles. The van der Waals surface area contributed by atoms with Crippen molar-refractivity contribution in [2.75, 3.05) is 5.32 Å². The number of hydrogen-bond donors (Lipinski definition) is 2. The van der Waals surface area contributed by atoms with Crippen LogP contribution in [0.5, 0.6) is 0 Å². The second-order valence-electron chi connectivity index (χ2n) is 5.98. The first-order valence-corrected chi connectivity index (χ1v) is 8.15. The summed E-state index contributed by atoms with van der Waals surface area (Å²) in [6.07, 6.45) is 8.38. The summed E-state index contributed by atoms with van der Waals surface area (Å²) in [5.41, 5.74) is 3.38. The van der Waals surface area contributed by atoms with Gasteiger partial charge in [-0.15, -0.1) is 0 Å². The number of aromatic nitrogens is 1. The number of hydrogen-bond acceptors (Lipinski definition) is 2. The molecule has 2 N–H and O–H groups in total. The third kappa shape index (κ3) is 3.28. The van der Waals surface area contributed by atoms with Crippen molar-refractivity contribution in [2.24, 2.45) is 0 Å². The molecule has 114 valence electrons. The second kappa shape index (κ2) is 6.44. The lowest BCUT2D eigenvalue weighted by molar-refractivity contribution is 0.407. The maximum absolute atomic E-state index is 5.55. The van der Waals surface area contributed by atoms with E-state index in [1.165, 1.54) is 24.0 Å². The van der Waals surface area contributed by atoms with Crippen LogP contribution < -0.4 is 10.6 Å². The Bertz CT molecular complexity index is 648. The van der Waals surface area contributed by atoms with Crippen LogP contribution in [0.1, 0.15) is 36.8 Å². The molecule has 0 unspecified atom stereocenters. The van der Waals surface area contributed by atoms with Crippen LogP contribution in [0, 0.1) is 6.92 Å². The quantitative estimate of drug-likeness (QED) is 0.835. The van der Waals surface area contributed by atoms with E-state index < -0.39 is 0 Å². The average Bonchev–Trinajstić information content (AvgIpc) is 2.98. The van der Waals surface area contributed by atoms with Gasteiger partial charge in [0.25, 0.3) is 0 Å². The third-order valence-corrected chi connectivity index (χ3v) is 4.50. The predicted octanol–water partition coefficient (Wildman–Crippen LogP) is 4.15. The van der Waals surface area contributed by atoms with Crippen LogP contribution in [-0.2, 0) is 5.54 Å². The van der Waals surface area contributed by atoms with Crippen molar-refractivity contribution in [1.29, 1.82) is 0 Å². The van der Waals surface area contributed by atoms with Gasteiger partial charge in [-0.3, -0.25) is 4.98 Å². The van der Waals surface area contributed by atoms with E-state index in [1.54, 1.807) is 0 Å². The largest absolute Gasteiger partial charge is 0.353 e. The average molecular weight is 311 g/mol. The monoisotopic (exact) mass is 311 g/mol. The van der Waals surface area contributed by atoms with Crippen molar-refractivity contribution in [3.05, 3.63) is 59.9 Å². The number of benzene rings is 1. The molecule has 1 aliphatic rings. The van der Waals surface area contributed by atoms with Gasteiger partial charge in [-0.1, -0.05) is 31.0 Å². The van der Waals surface area contributed by atoms with Gasteiger partial charge in [0.05, 0.1) is 5.54 Å². The lowest BCUT2D eigenvalue weighted by atomic mass is 9.89. The first-order chi connectivity index (χ1) is 10.7. The molecule has 0 radical (unpaired) electrons. The molecule has 1 saturated carbocycles. The molecule has 0 amide bonds. The SMILES string of the molecule is Cc1cccc(NC(=S)NC2(c3cccnc3)CCCC2)c1. The van der Waals surface area contributed by atoms with Crippen molar-refractivity contribution in [3.63, 3.8) is 0 Å². The Morgan fingerprint density at radius 3 is 2.68 bits per heavy atom. The molecule has 0 saturated heterocycles. The standard InChI is InChI=1S/C18H21N3S/c1-14-6-4-8-16(12-14)20-17(22)21-18(9-2-3-10-18)15-7-5-11-19-13-15/h4-8,11-13H,2-3,9-10H2,1H3,(H2,20,21,22). The van der Waals surface area contributed by atoms with Crippen LogP contribution in [0.25, 0.3) is 0 Å². The van der Waals surface area contributed by atoms with Crippen LogP contribution in [0.15, 0.2) is 48.8 Å². The maximum Gasteiger partial charge on any atom is 0.171 e. The second-order valence-corrected chi connectivity index (χ2v) is 6.39. The zero-order chi connectivity index (χ0) is 15.4. The van der Waals surface area contributed by atoms with E-state index in [0.29, 0.717) is 5.11 Å².